The van der Waals surface area contributed by atoms with Crippen molar-refractivity contribution in [2.75, 3.05) is 26.2 Å². The topological polar surface area (TPSA) is 58.6 Å². The van der Waals surface area contributed by atoms with Crippen LogP contribution in [0.1, 0.15) is 17.3 Å². The van der Waals surface area contributed by atoms with Crippen molar-refractivity contribution in [1.82, 2.24) is 10.2 Å². The highest BCUT2D eigenvalue weighted by atomic mass is 79.9. The van der Waals surface area contributed by atoms with Crippen molar-refractivity contribution < 1.29 is 14.3 Å². The van der Waals surface area contributed by atoms with Crippen molar-refractivity contribution >= 4 is 39.4 Å². The molecule has 1 aromatic carbocycles. The van der Waals surface area contributed by atoms with Crippen LogP contribution in [0.4, 0.5) is 0 Å². The Kier molecular flexibility index (Phi) is 5.61. The molecule has 1 atom stereocenters. The third-order valence-electron chi connectivity index (χ3n) is 3.22. The number of benzene rings is 1. The SMILES string of the molecule is CCOC(=O)C1CNCCN1C(=O)c1ccc(Br)cc1Cl. The minimum Gasteiger partial charge on any atom is -0.464 e. The first-order chi connectivity index (χ1) is 10.0. The highest BCUT2D eigenvalue weighted by Gasteiger charge is 2.34. The summed E-state index contributed by atoms with van der Waals surface area (Å²) in [4.78, 5) is 26.1. The van der Waals surface area contributed by atoms with Crippen LogP contribution in [0, 0.1) is 0 Å². The zero-order valence-electron chi connectivity index (χ0n) is 11.6. The number of hydrogen-bond acceptors (Lipinski definition) is 4. The van der Waals surface area contributed by atoms with Crippen LogP contribution in [0.25, 0.3) is 0 Å². The van der Waals surface area contributed by atoms with Gasteiger partial charge < -0.3 is 15.0 Å². The summed E-state index contributed by atoms with van der Waals surface area (Å²) < 4.78 is 5.83. The molecule has 0 aromatic heterocycles. The maximum absolute atomic E-state index is 12.6. The highest BCUT2D eigenvalue weighted by Crippen LogP contribution is 2.23. The van der Waals surface area contributed by atoms with Crippen molar-refractivity contribution in [2.24, 2.45) is 0 Å². The quantitative estimate of drug-likeness (QED) is 0.822. The molecule has 1 N–H and O–H groups in total. The first kappa shape index (κ1) is 16.3. The number of amides is 1. The van der Waals surface area contributed by atoms with Crippen molar-refractivity contribution in [3.63, 3.8) is 0 Å². The van der Waals surface area contributed by atoms with Crippen LogP contribution in [0.15, 0.2) is 22.7 Å². The van der Waals surface area contributed by atoms with Crippen molar-refractivity contribution in [2.45, 2.75) is 13.0 Å². The largest absolute Gasteiger partial charge is 0.464 e. The van der Waals surface area contributed by atoms with Gasteiger partial charge >= 0.3 is 5.97 Å². The Bertz CT molecular complexity index is 553. The Morgan fingerprint density at radius 1 is 1.52 bits per heavy atom. The number of hydrogen-bond donors (Lipinski definition) is 1. The van der Waals surface area contributed by atoms with Crippen LogP contribution >= 0.6 is 27.5 Å². The van der Waals surface area contributed by atoms with Gasteiger partial charge in [0.15, 0.2) is 0 Å². The second kappa shape index (κ2) is 7.24. The number of rotatable bonds is 3. The number of piperazine rings is 1. The summed E-state index contributed by atoms with van der Waals surface area (Å²) in [6.45, 7) is 3.49. The predicted octanol–water partition coefficient (Wildman–Crippen LogP) is 2.08. The van der Waals surface area contributed by atoms with Gasteiger partial charge in [-0.25, -0.2) is 4.79 Å². The molecular weight excluding hydrogens is 360 g/mol. The summed E-state index contributed by atoms with van der Waals surface area (Å²) in [6, 6.07) is 4.45. The molecule has 0 bridgehead atoms. The summed E-state index contributed by atoms with van der Waals surface area (Å²) >= 11 is 9.43. The van der Waals surface area contributed by atoms with E-state index in [0.29, 0.717) is 30.2 Å². The smallest absolute Gasteiger partial charge is 0.330 e. The Morgan fingerprint density at radius 2 is 2.29 bits per heavy atom. The molecule has 114 valence electrons. The van der Waals surface area contributed by atoms with Gasteiger partial charge in [-0.05, 0) is 25.1 Å². The lowest BCUT2D eigenvalue weighted by molar-refractivity contribution is -0.149. The molecule has 2 rings (SSSR count). The minimum atomic E-state index is -0.620. The predicted molar refractivity (Wildman–Crippen MR) is 83.5 cm³/mol. The molecule has 1 fully saturated rings. The molecule has 0 saturated carbocycles. The lowest BCUT2D eigenvalue weighted by Crippen LogP contribution is -2.57. The third-order valence-corrected chi connectivity index (χ3v) is 4.03. The Labute approximate surface area is 136 Å². The van der Waals surface area contributed by atoms with E-state index in [1.54, 1.807) is 25.1 Å². The van der Waals surface area contributed by atoms with Gasteiger partial charge in [0.25, 0.3) is 5.91 Å². The fraction of sp³-hybridized carbons (Fsp3) is 0.429. The molecule has 7 heteroatoms. The van der Waals surface area contributed by atoms with Crippen molar-refractivity contribution in [3.05, 3.63) is 33.3 Å². The van der Waals surface area contributed by atoms with Crippen LogP contribution < -0.4 is 5.32 Å². The summed E-state index contributed by atoms with van der Waals surface area (Å²) in [5.41, 5.74) is 0.385. The van der Waals surface area contributed by atoms with E-state index >= 15 is 0 Å². The van der Waals surface area contributed by atoms with Crippen LogP contribution in [0.5, 0.6) is 0 Å². The van der Waals surface area contributed by atoms with Gasteiger partial charge in [-0.3, -0.25) is 4.79 Å². The van der Waals surface area contributed by atoms with E-state index in [-0.39, 0.29) is 12.5 Å². The zero-order valence-corrected chi connectivity index (χ0v) is 13.9. The van der Waals surface area contributed by atoms with Gasteiger partial charge in [0.1, 0.15) is 6.04 Å². The van der Waals surface area contributed by atoms with Crippen LogP contribution in [0.2, 0.25) is 5.02 Å². The van der Waals surface area contributed by atoms with Gasteiger partial charge in [0, 0.05) is 24.1 Å². The summed E-state index contributed by atoms with van der Waals surface area (Å²) in [5.74, 6) is -0.654. The van der Waals surface area contributed by atoms with E-state index < -0.39 is 12.0 Å². The highest BCUT2D eigenvalue weighted by molar-refractivity contribution is 9.10. The van der Waals surface area contributed by atoms with E-state index in [0.717, 1.165) is 4.47 Å². The first-order valence-electron chi connectivity index (χ1n) is 6.68. The van der Waals surface area contributed by atoms with Crippen LogP contribution in [-0.4, -0.2) is 49.1 Å². The van der Waals surface area contributed by atoms with E-state index in [4.69, 9.17) is 16.3 Å². The monoisotopic (exact) mass is 374 g/mol. The normalized spacial score (nSPS) is 18.4. The third kappa shape index (κ3) is 3.75. The molecule has 1 aliphatic rings. The van der Waals surface area contributed by atoms with E-state index in [9.17, 15) is 9.59 Å². The van der Waals surface area contributed by atoms with Gasteiger partial charge in [-0.2, -0.15) is 0 Å². The number of carbonyl (C=O) groups excluding carboxylic acids is 2. The Balaban J connectivity index is 2.24. The lowest BCUT2D eigenvalue weighted by Gasteiger charge is -2.34. The average molecular weight is 376 g/mol. The van der Waals surface area contributed by atoms with Crippen LogP contribution in [0.3, 0.4) is 0 Å². The number of halogens is 2. The molecule has 1 heterocycles. The zero-order chi connectivity index (χ0) is 15.4. The fourth-order valence-corrected chi connectivity index (χ4v) is 2.97. The fourth-order valence-electron chi connectivity index (χ4n) is 2.21. The van der Waals surface area contributed by atoms with E-state index in [2.05, 4.69) is 21.2 Å². The molecule has 1 unspecified atom stereocenters. The molecule has 1 aliphatic heterocycles. The van der Waals surface area contributed by atoms with Crippen molar-refractivity contribution in [3.8, 4) is 0 Å². The van der Waals surface area contributed by atoms with Gasteiger partial charge in [0.05, 0.1) is 17.2 Å². The minimum absolute atomic E-state index is 0.257. The van der Waals surface area contributed by atoms with E-state index in [1.165, 1.54) is 4.90 Å². The number of esters is 1. The summed E-state index contributed by atoms with van der Waals surface area (Å²) in [5, 5.41) is 3.46. The first-order valence-corrected chi connectivity index (χ1v) is 7.85. The lowest BCUT2D eigenvalue weighted by atomic mass is 10.1. The van der Waals surface area contributed by atoms with Crippen LogP contribution in [-0.2, 0) is 9.53 Å². The van der Waals surface area contributed by atoms with Crippen molar-refractivity contribution in [1.29, 1.82) is 0 Å². The van der Waals surface area contributed by atoms with Gasteiger partial charge in [-0.1, -0.05) is 27.5 Å². The Morgan fingerprint density at radius 3 is 2.95 bits per heavy atom. The van der Waals surface area contributed by atoms with E-state index in [1.807, 2.05) is 0 Å². The maximum Gasteiger partial charge on any atom is 0.330 e. The Hall–Kier alpha value is -1.11. The number of carbonyl (C=O) groups is 2. The molecule has 1 aromatic rings. The molecule has 21 heavy (non-hydrogen) atoms. The average Bonchev–Trinajstić information content (AvgIpc) is 2.47. The summed E-state index contributed by atoms with van der Waals surface area (Å²) in [6.07, 6.45) is 0. The van der Waals surface area contributed by atoms with Gasteiger partial charge in [0.2, 0.25) is 0 Å². The second-order valence-corrected chi connectivity index (χ2v) is 5.92. The van der Waals surface area contributed by atoms with Gasteiger partial charge in [-0.15, -0.1) is 0 Å². The molecule has 1 saturated heterocycles. The number of nitrogens with zero attached hydrogens (tertiary/aromatic N) is 1. The standard InChI is InChI=1S/C14H16BrClN2O3/c1-2-21-14(20)12-8-17-5-6-18(12)13(19)10-4-3-9(15)7-11(10)16/h3-4,7,12,17H,2,5-6,8H2,1H3. The molecular formula is C14H16BrClN2O3. The summed E-state index contributed by atoms with van der Waals surface area (Å²) in [7, 11) is 0. The maximum atomic E-state index is 12.6. The molecule has 0 radical (unpaired) electrons. The molecule has 1 amide bonds. The molecule has 0 aliphatic carbocycles. The molecule has 0 spiro atoms. The number of nitrogens with one attached hydrogen (secondary N) is 1. The molecule has 5 nitrogen and oxygen atoms in total. The second-order valence-electron chi connectivity index (χ2n) is 4.59. The number of ether oxygens (including phenoxy) is 1.